The molecular formula is C11H10BrFO4S. The lowest BCUT2D eigenvalue weighted by molar-refractivity contribution is -0.142. The third-order valence-corrected chi connectivity index (χ3v) is 3.41. The number of thioether (sulfide) groups is 1. The van der Waals surface area contributed by atoms with Crippen LogP contribution in [0.1, 0.15) is 12.5 Å². The van der Waals surface area contributed by atoms with Crippen LogP contribution < -0.4 is 0 Å². The molecule has 0 aromatic heterocycles. The van der Waals surface area contributed by atoms with Crippen molar-refractivity contribution in [3.05, 3.63) is 28.0 Å². The molecule has 1 aromatic carbocycles. The van der Waals surface area contributed by atoms with E-state index in [-0.39, 0.29) is 17.9 Å². The van der Waals surface area contributed by atoms with Gasteiger partial charge < -0.3 is 9.84 Å². The molecule has 4 nitrogen and oxygen atoms in total. The van der Waals surface area contributed by atoms with Crippen LogP contribution in [0.25, 0.3) is 0 Å². The average Bonchev–Trinajstić information content (AvgIpc) is 2.24. The van der Waals surface area contributed by atoms with E-state index in [1.165, 1.54) is 13.0 Å². The van der Waals surface area contributed by atoms with Gasteiger partial charge in [-0.3, -0.25) is 9.59 Å². The molecule has 0 heterocycles. The van der Waals surface area contributed by atoms with Crippen LogP contribution >= 0.6 is 27.7 Å². The molecule has 0 atom stereocenters. The highest BCUT2D eigenvalue weighted by molar-refractivity contribution is 9.10. The van der Waals surface area contributed by atoms with Gasteiger partial charge in [0.25, 0.3) is 0 Å². The van der Waals surface area contributed by atoms with Crippen molar-refractivity contribution in [2.45, 2.75) is 18.4 Å². The van der Waals surface area contributed by atoms with Gasteiger partial charge in [0.2, 0.25) is 0 Å². The Morgan fingerprint density at radius 1 is 1.50 bits per heavy atom. The predicted molar refractivity (Wildman–Crippen MR) is 67.9 cm³/mol. The third-order valence-electron chi connectivity index (χ3n) is 1.89. The summed E-state index contributed by atoms with van der Waals surface area (Å²) in [6.45, 7) is 1.01. The fourth-order valence-corrected chi connectivity index (χ4v) is 2.56. The summed E-state index contributed by atoms with van der Waals surface area (Å²) in [6.07, 6.45) is 0. The fourth-order valence-electron chi connectivity index (χ4n) is 1.16. The molecule has 1 rings (SSSR count). The number of carboxylic acids is 1. The largest absolute Gasteiger partial charge is 0.481 e. The second kappa shape index (κ2) is 6.75. The van der Waals surface area contributed by atoms with Gasteiger partial charge in [-0.15, -0.1) is 11.8 Å². The molecule has 0 bridgehead atoms. The second-order valence-corrected chi connectivity index (χ2v) is 5.26. The van der Waals surface area contributed by atoms with E-state index in [9.17, 15) is 14.0 Å². The Labute approximate surface area is 116 Å². The highest BCUT2D eigenvalue weighted by atomic mass is 79.9. The third kappa shape index (κ3) is 4.66. The minimum absolute atomic E-state index is 0.180. The topological polar surface area (TPSA) is 63.6 Å². The average molecular weight is 337 g/mol. The van der Waals surface area contributed by atoms with Gasteiger partial charge >= 0.3 is 11.9 Å². The molecule has 98 valence electrons. The summed E-state index contributed by atoms with van der Waals surface area (Å²) in [4.78, 5) is 21.7. The lowest BCUT2D eigenvalue weighted by Crippen LogP contribution is -2.04. The van der Waals surface area contributed by atoms with Gasteiger partial charge in [-0.1, -0.05) is 15.9 Å². The maximum absolute atomic E-state index is 13.7. The second-order valence-electron chi connectivity index (χ2n) is 3.33. The number of carboxylic acid groups (broad SMARTS) is 1. The first-order valence-electron chi connectivity index (χ1n) is 4.86. The minimum Gasteiger partial charge on any atom is -0.481 e. The van der Waals surface area contributed by atoms with Crippen LogP contribution in [0.5, 0.6) is 0 Å². The van der Waals surface area contributed by atoms with Crippen LogP contribution in [0.4, 0.5) is 4.39 Å². The van der Waals surface area contributed by atoms with E-state index in [1.807, 2.05) is 0 Å². The number of benzene rings is 1. The first kappa shape index (κ1) is 15.0. The highest BCUT2D eigenvalue weighted by Gasteiger charge is 2.13. The Hall–Kier alpha value is -1.08. The Bertz CT molecular complexity index is 478. The molecule has 0 saturated heterocycles. The molecule has 1 N–H and O–H groups in total. The van der Waals surface area contributed by atoms with Crippen molar-refractivity contribution >= 4 is 39.6 Å². The van der Waals surface area contributed by atoms with Crippen LogP contribution in [0.3, 0.4) is 0 Å². The molecule has 0 radical (unpaired) electrons. The predicted octanol–water partition coefficient (Wildman–Crippen LogP) is 2.83. The number of halogens is 2. The molecule has 18 heavy (non-hydrogen) atoms. The van der Waals surface area contributed by atoms with Gasteiger partial charge in [0, 0.05) is 21.9 Å². The summed E-state index contributed by atoms with van der Waals surface area (Å²) in [5, 5.41) is 8.61. The molecule has 0 amide bonds. The molecule has 7 heteroatoms. The summed E-state index contributed by atoms with van der Waals surface area (Å²) >= 11 is 4.10. The number of carbonyl (C=O) groups is 2. The zero-order valence-corrected chi connectivity index (χ0v) is 11.8. The molecule has 0 spiro atoms. The summed E-state index contributed by atoms with van der Waals surface area (Å²) in [6, 6.07) is 2.83. The maximum atomic E-state index is 13.7. The molecular weight excluding hydrogens is 327 g/mol. The summed E-state index contributed by atoms with van der Waals surface area (Å²) < 4.78 is 18.9. The SMILES string of the molecule is CC(=O)OCc1c(F)cc(Br)cc1SCC(=O)O. The molecule has 0 aliphatic carbocycles. The first-order valence-corrected chi connectivity index (χ1v) is 6.64. The van der Waals surface area contributed by atoms with Gasteiger partial charge in [-0.05, 0) is 12.1 Å². The van der Waals surface area contributed by atoms with Gasteiger partial charge in [-0.2, -0.15) is 0 Å². The van der Waals surface area contributed by atoms with Crippen LogP contribution in [0, 0.1) is 5.82 Å². The molecule has 0 aliphatic rings. The smallest absolute Gasteiger partial charge is 0.313 e. The number of carbonyl (C=O) groups excluding carboxylic acids is 1. The fraction of sp³-hybridized carbons (Fsp3) is 0.273. The van der Waals surface area contributed by atoms with E-state index in [4.69, 9.17) is 9.84 Å². The van der Waals surface area contributed by atoms with E-state index in [0.29, 0.717) is 9.37 Å². The van der Waals surface area contributed by atoms with Crippen molar-refractivity contribution in [1.82, 2.24) is 0 Å². The van der Waals surface area contributed by atoms with Gasteiger partial charge in [0.1, 0.15) is 12.4 Å². The van der Waals surface area contributed by atoms with Gasteiger partial charge in [0.15, 0.2) is 0 Å². The number of ether oxygens (including phenoxy) is 1. The van der Waals surface area contributed by atoms with Crippen molar-refractivity contribution in [3.8, 4) is 0 Å². The van der Waals surface area contributed by atoms with Crippen molar-refractivity contribution < 1.29 is 23.8 Å². The van der Waals surface area contributed by atoms with Crippen LogP contribution in [-0.2, 0) is 20.9 Å². The van der Waals surface area contributed by atoms with Gasteiger partial charge in [-0.25, -0.2) is 4.39 Å². The highest BCUT2D eigenvalue weighted by Crippen LogP contribution is 2.29. The molecule has 0 aliphatic heterocycles. The summed E-state index contributed by atoms with van der Waals surface area (Å²) in [5.74, 6) is -2.26. The summed E-state index contributed by atoms with van der Waals surface area (Å²) in [5.41, 5.74) is 0.180. The standard InChI is InChI=1S/C11H10BrFO4S/c1-6(14)17-4-8-9(13)2-7(12)3-10(8)18-5-11(15)16/h2-3H,4-5H2,1H3,(H,15,16). The van der Waals surface area contributed by atoms with Crippen molar-refractivity contribution in [2.24, 2.45) is 0 Å². The van der Waals surface area contributed by atoms with Crippen molar-refractivity contribution in [3.63, 3.8) is 0 Å². The van der Waals surface area contributed by atoms with E-state index >= 15 is 0 Å². The lowest BCUT2D eigenvalue weighted by atomic mass is 10.2. The Morgan fingerprint density at radius 3 is 2.72 bits per heavy atom. The normalized spacial score (nSPS) is 10.2. The van der Waals surface area contributed by atoms with Crippen LogP contribution in [0.15, 0.2) is 21.5 Å². The number of hydrogen-bond donors (Lipinski definition) is 1. The van der Waals surface area contributed by atoms with E-state index < -0.39 is 17.8 Å². The van der Waals surface area contributed by atoms with Crippen LogP contribution in [-0.4, -0.2) is 22.8 Å². The number of aliphatic carboxylic acids is 1. The zero-order valence-electron chi connectivity index (χ0n) is 9.41. The monoisotopic (exact) mass is 336 g/mol. The zero-order chi connectivity index (χ0) is 13.7. The number of hydrogen-bond acceptors (Lipinski definition) is 4. The number of esters is 1. The van der Waals surface area contributed by atoms with E-state index in [0.717, 1.165) is 11.8 Å². The molecule has 1 aromatic rings. The Morgan fingerprint density at radius 2 is 2.17 bits per heavy atom. The summed E-state index contributed by atoms with van der Waals surface area (Å²) in [7, 11) is 0. The molecule has 0 unspecified atom stereocenters. The van der Waals surface area contributed by atoms with Crippen LogP contribution in [0.2, 0.25) is 0 Å². The Kier molecular flexibility index (Phi) is 5.61. The quantitative estimate of drug-likeness (QED) is 0.661. The molecule has 0 saturated carbocycles. The minimum atomic E-state index is -1.00. The first-order chi connectivity index (χ1) is 8.40. The van der Waals surface area contributed by atoms with Gasteiger partial charge in [0.05, 0.1) is 5.75 Å². The van der Waals surface area contributed by atoms with E-state index in [1.54, 1.807) is 6.07 Å². The maximum Gasteiger partial charge on any atom is 0.313 e. The van der Waals surface area contributed by atoms with Crippen molar-refractivity contribution in [2.75, 3.05) is 5.75 Å². The number of rotatable bonds is 5. The van der Waals surface area contributed by atoms with Crippen molar-refractivity contribution in [1.29, 1.82) is 0 Å². The Balaban J connectivity index is 2.96. The molecule has 0 fully saturated rings. The lowest BCUT2D eigenvalue weighted by Gasteiger charge is -2.10. The van der Waals surface area contributed by atoms with E-state index in [2.05, 4.69) is 15.9 Å².